The van der Waals surface area contributed by atoms with Crippen molar-refractivity contribution in [2.45, 2.75) is 0 Å². The molecule has 0 amide bonds. The van der Waals surface area contributed by atoms with E-state index in [0.717, 1.165) is 5.65 Å². The highest BCUT2D eigenvalue weighted by Crippen LogP contribution is 2.07. The van der Waals surface area contributed by atoms with Crippen molar-refractivity contribution in [2.24, 2.45) is 0 Å². The van der Waals surface area contributed by atoms with Gasteiger partial charge in [0.1, 0.15) is 0 Å². The largest absolute Gasteiger partial charge is 0.379 e. The number of imidazole rings is 1. The van der Waals surface area contributed by atoms with Crippen molar-refractivity contribution < 1.29 is 0 Å². The molecule has 0 aliphatic carbocycles. The molecule has 2 rings (SSSR count). The predicted octanol–water partition coefficient (Wildman–Crippen LogP) is -0.714. The van der Waals surface area contributed by atoms with Gasteiger partial charge in [-0.1, -0.05) is 5.21 Å². The van der Waals surface area contributed by atoms with Crippen LogP contribution in [0.25, 0.3) is 5.65 Å². The molecule has 0 saturated heterocycles. The van der Waals surface area contributed by atoms with Crippen molar-refractivity contribution in [3.8, 4) is 0 Å². The van der Waals surface area contributed by atoms with Crippen LogP contribution in [0.2, 0.25) is 0 Å². The third-order valence-corrected chi connectivity index (χ3v) is 1.52. The molecule has 11 heavy (non-hydrogen) atoms. The van der Waals surface area contributed by atoms with Crippen LogP contribution in [-0.4, -0.2) is 26.6 Å². The Morgan fingerprint density at radius 1 is 1.55 bits per heavy atom. The summed E-state index contributed by atoms with van der Waals surface area (Å²) in [6.45, 7) is 0. The summed E-state index contributed by atoms with van der Waals surface area (Å²) in [6, 6.07) is 0. The monoisotopic (exact) mass is 152 g/mol. The summed E-state index contributed by atoms with van der Waals surface area (Å²) in [7, 11) is 1.80. The Bertz CT molecular complexity index is 371. The molecule has 6 heteroatoms. The molecule has 0 fully saturated rings. The zero-order chi connectivity index (χ0) is 7.84. The molecular formula is C5H8N6. The third-order valence-electron chi connectivity index (χ3n) is 1.52. The topological polar surface area (TPSA) is 73.2 Å². The van der Waals surface area contributed by atoms with E-state index in [1.165, 1.54) is 0 Å². The fourth-order valence-corrected chi connectivity index (χ4v) is 1.02. The van der Waals surface area contributed by atoms with E-state index in [0.29, 0.717) is 5.82 Å². The van der Waals surface area contributed by atoms with Crippen LogP contribution < -0.4 is 11.2 Å². The molecule has 2 aromatic heterocycles. The maximum Gasteiger partial charge on any atom is 0.198 e. The second-order valence-electron chi connectivity index (χ2n) is 2.13. The molecule has 2 heterocycles. The minimum atomic E-state index is 0.421. The number of nitrogens with zero attached hydrogens (tertiary/aromatic N) is 4. The van der Waals surface area contributed by atoms with Crippen LogP contribution in [0.5, 0.6) is 0 Å². The second-order valence-corrected chi connectivity index (χ2v) is 2.13. The molecule has 0 saturated carbocycles. The molecule has 0 radical (unpaired) electrons. The Hall–Kier alpha value is -1.72. The Morgan fingerprint density at radius 2 is 2.36 bits per heavy atom. The average molecular weight is 152 g/mol. The van der Waals surface area contributed by atoms with Crippen LogP contribution in [0.4, 0.5) is 5.82 Å². The van der Waals surface area contributed by atoms with Gasteiger partial charge in [0.25, 0.3) is 0 Å². The van der Waals surface area contributed by atoms with Crippen molar-refractivity contribution in [1.82, 2.24) is 19.5 Å². The summed E-state index contributed by atoms with van der Waals surface area (Å²) >= 11 is 0. The van der Waals surface area contributed by atoms with Crippen molar-refractivity contribution in [3.63, 3.8) is 0 Å². The number of anilines is 1. The number of rotatable bonds is 1. The van der Waals surface area contributed by atoms with Gasteiger partial charge in [-0.25, -0.2) is 4.68 Å². The smallest absolute Gasteiger partial charge is 0.198 e. The number of hydrogen-bond donors (Lipinski definition) is 2. The molecule has 3 N–H and O–H groups in total. The zero-order valence-electron chi connectivity index (χ0n) is 6.02. The molecular weight excluding hydrogens is 144 g/mol. The first-order valence-electron chi connectivity index (χ1n) is 3.18. The van der Waals surface area contributed by atoms with Gasteiger partial charge >= 0.3 is 0 Å². The molecule has 0 aromatic carbocycles. The summed E-state index contributed by atoms with van der Waals surface area (Å²) < 4.78 is 3.35. The standard InChI is InChI=1S/C5H8N6/c1-7-10-2-3-11-5(10)4(6)8-9-11/h2-3,7H,6H2,1H3. The lowest BCUT2D eigenvalue weighted by molar-refractivity contribution is 0.859. The minimum Gasteiger partial charge on any atom is -0.379 e. The van der Waals surface area contributed by atoms with Crippen molar-refractivity contribution in [2.75, 3.05) is 18.2 Å². The van der Waals surface area contributed by atoms with Crippen LogP contribution >= 0.6 is 0 Å². The van der Waals surface area contributed by atoms with Gasteiger partial charge in [-0.2, -0.15) is 4.52 Å². The average Bonchev–Trinajstić information content (AvgIpc) is 2.54. The van der Waals surface area contributed by atoms with Gasteiger partial charge in [-0.15, -0.1) is 5.10 Å². The molecule has 0 aliphatic rings. The van der Waals surface area contributed by atoms with Gasteiger partial charge in [0.05, 0.1) is 6.20 Å². The Balaban J connectivity index is 2.80. The summed E-state index contributed by atoms with van der Waals surface area (Å²) in [5, 5.41) is 7.46. The van der Waals surface area contributed by atoms with E-state index < -0.39 is 0 Å². The zero-order valence-corrected chi connectivity index (χ0v) is 6.02. The third kappa shape index (κ3) is 0.658. The number of aromatic nitrogens is 4. The Kier molecular flexibility index (Phi) is 1.03. The van der Waals surface area contributed by atoms with E-state index in [9.17, 15) is 0 Å². The lowest BCUT2D eigenvalue weighted by Crippen LogP contribution is -2.07. The van der Waals surface area contributed by atoms with Crippen molar-refractivity contribution >= 4 is 11.5 Å². The van der Waals surface area contributed by atoms with Crippen LogP contribution in [0, 0.1) is 0 Å². The molecule has 0 bridgehead atoms. The number of nitrogens with one attached hydrogen (secondary N) is 1. The Labute approximate surface area is 62.6 Å². The number of nitrogens with two attached hydrogens (primary N) is 1. The fraction of sp³-hybridized carbons (Fsp3) is 0.200. The van der Waals surface area contributed by atoms with Gasteiger partial charge in [-0.3, -0.25) is 0 Å². The maximum absolute atomic E-state index is 5.54. The normalized spacial score (nSPS) is 10.6. The highest BCUT2D eigenvalue weighted by atomic mass is 15.5. The van der Waals surface area contributed by atoms with Gasteiger partial charge in [0.15, 0.2) is 11.5 Å². The van der Waals surface area contributed by atoms with Crippen LogP contribution in [0.1, 0.15) is 0 Å². The SMILES string of the molecule is CNn1ccn2nnc(N)c12. The molecule has 0 aliphatic heterocycles. The first-order valence-corrected chi connectivity index (χ1v) is 3.18. The summed E-state index contributed by atoms with van der Waals surface area (Å²) in [5.74, 6) is 0.421. The fourth-order valence-electron chi connectivity index (χ4n) is 1.02. The number of fused-ring (bicyclic) bond motifs is 1. The van der Waals surface area contributed by atoms with E-state index in [4.69, 9.17) is 5.73 Å². The first kappa shape index (κ1) is 6.02. The molecule has 58 valence electrons. The van der Waals surface area contributed by atoms with Crippen LogP contribution in [0.15, 0.2) is 12.4 Å². The maximum atomic E-state index is 5.54. The number of hydrogen-bond acceptors (Lipinski definition) is 4. The summed E-state index contributed by atoms with van der Waals surface area (Å²) in [4.78, 5) is 0. The molecule has 0 atom stereocenters. The minimum absolute atomic E-state index is 0.421. The van der Waals surface area contributed by atoms with E-state index in [1.807, 2.05) is 6.20 Å². The molecule has 0 unspecified atom stereocenters. The van der Waals surface area contributed by atoms with Gasteiger partial charge in [-0.05, 0) is 0 Å². The van der Waals surface area contributed by atoms with Gasteiger partial charge in [0.2, 0.25) is 0 Å². The lowest BCUT2D eigenvalue weighted by Gasteiger charge is -1.98. The van der Waals surface area contributed by atoms with E-state index in [1.54, 1.807) is 22.4 Å². The molecule has 0 spiro atoms. The van der Waals surface area contributed by atoms with E-state index in [2.05, 4.69) is 15.7 Å². The Morgan fingerprint density at radius 3 is 3.09 bits per heavy atom. The first-order chi connectivity index (χ1) is 5.33. The van der Waals surface area contributed by atoms with Gasteiger partial charge < -0.3 is 11.2 Å². The van der Waals surface area contributed by atoms with Crippen molar-refractivity contribution in [1.29, 1.82) is 0 Å². The molecule has 6 nitrogen and oxygen atoms in total. The highest BCUT2D eigenvalue weighted by molar-refractivity contribution is 5.59. The molecule has 2 aromatic rings. The number of nitrogen functional groups attached to an aromatic ring is 1. The highest BCUT2D eigenvalue weighted by Gasteiger charge is 2.05. The van der Waals surface area contributed by atoms with E-state index >= 15 is 0 Å². The summed E-state index contributed by atoms with van der Waals surface area (Å²) in [5.41, 5.74) is 9.21. The quantitative estimate of drug-likeness (QED) is 0.566. The van der Waals surface area contributed by atoms with Crippen molar-refractivity contribution in [3.05, 3.63) is 12.4 Å². The van der Waals surface area contributed by atoms with Gasteiger partial charge in [0, 0.05) is 13.2 Å². The van der Waals surface area contributed by atoms with E-state index in [-0.39, 0.29) is 0 Å². The second kappa shape index (κ2) is 1.88. The predicted molar refractivity (Wildman–Crippen MR) is 40.7 cm³/mol. The lowest BCUT2D eigenvalue weighted by atomic mass is 10.7. The van der Waals surface area contributed by atoms with Crippen LogP contribution in [-0.2, 0) is 0 Å². The summed E-state index contributed by atoms with van der Waals surface area (Å²) in [6.07, 6.45) is 3.59. The van der Waals surface area contributed by atoms with Crippen LogP contribution in [0.3, 0.4) is 0 Å².